The number of halogens is 6. The first-order chi connectivity index (χ1) is 18.3. The van der Waals surface area contributed by atoms with Gasteiger partial charge in [-0.25, -0.2) is 12.8 Å². The van der Waals surface area contributed by atoms with Crippen molar-refractivity contribution in [1.82, 2.24) is 14.9 Å². The standard InChI is InChI=1S/C25H27Cl2F4N3O4S/c26-16-4-5-19(28)22(11-16)39(36,37)33-23(25(29,30)31)13-24(35)32-20-6-9-38-21-10-15(18(27)12-17(20)21)14-34-7-2-1-3-8-34/h4-5,10-12,20,23,33H,1-3,6-9,13-14H2,(H,32,35)/t20-,23-/m1/s1. The molecule has 1 saturated heterocycles. The summed E-state index contributed by atoms with van der Waals surface area (Å²) in [7, 11) is -5.00. The van der Waals surface area contributed by atoms with E-state index in [4.69, 9.17) is 27.9 Å². The highest BCUT2D eigenvalue weighted by Crippen LogP contribution is 2.37. The van der Waals surface area contributed by atoms with Crippen LogP contribution in [0.15, 0.2) is 35.2 Å². The molecule has 0 aromatic heterocycles. The van der Waals surface area contributed by atoms with E-state index >= 15 is 0 Å². The average Bonchev–Trinajstić information content (AvgIpc) is 2.86. The van der Waals surface area contributed by atoms with Crippen molar-refractivity contribution in [3.63, 3.8) is 0 Å². The number of nitrogens with zero attached hydrogens (tertiary/aromatic N) is 1. The van der Waals surface area contributed by atoms with Gasteiger partial charge in [-0.15, -0.1) is 0 Å². The van der Waals surface area contributed by atoms with Crippen LogP contribution in [0, 0.1) is 5.82 Å². The third-order valence-corrected chi connectivity index (χ3v) is 8.73. The van der Waals surface area contributed by atoms with Gasteiger partial charge in [-0.1, -0.05) is 29.6 Å². The van der Waals surface area contributed by atoms with Gasteiger partial charge in [0.2, 0.25) is 15.9 Å². The van der Waals surface area contributed by atoms with Crippen molar-refractivity contribution >= 4 is 39.1 Å². The topological polar surface area (TPSA) is 87.7 Å². The van der Waals surface area contributed by atoms with Crippen molar-refractivity contribution < 1.29 is 35.5 Å². The number of carbonyl (C=O) groups excluding carboxylic acids is 1. The Kier molecular flexibility index (Phi) is 9.32. The predicted molar refractivity (Wildman–Crippen MR) is 138 cm³/mol. The fourth-order valence-electron chi connectivity index (χ4n) is 4.68. The van der Waals surface area contributed by atoms with Gasteiger partial charge in [0.05, 0.1) is 19.1 Å². The molecule has 4 rings (SSSR count). The van der Waals surface area contributed by atoms with E-state index in [0.717, 1.165) is 43.6 Å². The maximum absolute atomic E-state index is 14.1. The van der Waals surface area contributed by atoms with E-state index < -0.39 is 51.3 Å². The van der Waals surface area contributed by atoms with Crippen LogP contribution in [-0.4, -0.2) is 51.1 Å². The lowest BCUT2D eigenvalue weighted by atomic mass is 9.97. The Labute approximate surface area is 233 Å². The molecule has 0 saturated carbocycles. The molecule has 1 fully saturated rings. The van der Waals surface area contributed by atoms with E-state index in [1.165, 1.54) is 11.1 Å². The lowest BCUT2D eigenvalue weighted by Crippen LogP contribution is -2.48. The molecule has 0 spiro atoms. The van der Waals surface area contributed by atoms with Gasteiger partial charge in [0.1, 0.15) is 22.5 Å². The normalized spacial score (nSPS) is 19.2. The molecule has 2 atom stereocenters. The molecule has 0 radical (unpaired) electrons. The Morgan fingerprint density at radius 3 is 2.54 bits per heavy atom. The molecule has 2 aromatic carbocycles. The first kappa shape index (κ1) is 29.9. The van der Waals surface area contributed by atoms with Crippen molar-refractivity contribution in [3.05, 3.63) is 57.3 Å². The number of hydrogen-bond donors (Lipinski definition) is 2. The Hall–Kier alpha value is -2.12. The fraction of sp³-hybridized carbons (Fsp3) is 0.480. The van der Waals surface area contributed by atoms with Crippen LogP contribution in [-0.2, 0) is 21.4 Å². The zero-order chi connectivity index (χ0) is 28.4. The minimum absolute atomic E-state index is 0.186. The van der Waals surface area contributed by atoms with Gasteiger partial charge in [0.15, 0.2) is 0 Å². The number of ether oxygens (including phenoxy) is 1. The number of benzene rings is 2. The lowest BCUT2D eigenvalue weighted by Gasteiger charge is -2.30. The van der Waals surface area contributed by atoms with E-state index in [9.17, 15) is 30.8 Å². The summed E-state index contributed by atoms with van der Waals surface area (Å²) in [6.45, 7) is 2.77. The minimum atomic E-state index is -5.14. The van der Waals surface area contributed by atoms with Gasteiger partial charge in [-0.2, -0.15) is 17.9 Å². The van der Waals surface area contributed by atoms with E-state index in [0.29, 0.717) is 28.9 Å². The lowest BCUT2D eigenvalue weighted by molar-refractivity contribution is -0.158. The van der Waals surface area contributed by atoms with Gasteiger partial charge < -0.3 is 10.1 Å². The zero-order valence-electron chi connectivity index (χ0n) is 20.7. The second-order valence-corrected chi connectivity index (χ2v) is 12.1. The summed E-state index contributed by atoms with van der Waals surface area (Å²) in [5.41, 5.74) is 1.37. The molecule has 2 heterocycles. The average molecular weight is 612 g/mol. The number of carbonyl (C=O) groups is 1. The van der Waals surface area contributed by atoms with Crippen molar-refractivity contribution in [1.29, 1.82) is 0 Å². The quantitative estimate of drug-likeness (QED) is 0.393. The number of hydrogen-bond acceptors (Lipinski definition) is 5. The Morgan fingerprint density at radius 1 is 1.13 bits per heavy atom. The van der Waals surface area contributed by atoms with Crippen LogP contribution in [0.25, 0.3) is 0 Å². The molecular weight excluding hydrogens is 585 g/mol. The van der Waals surface area contributed by atoms with E-state index in [1.807, 2.05) is 0 Å². The Balaban J connectivity index is 1.47. The molecule has 2 aliphatic heterocycles. The molecule has 14 heteroatoms. The van der Waals surface area contributed by atoms with Crippen molar-refractivity contribution in [2.45, 2.75) is 61.8 Å². The molecule has 2 aliphatic rings. The number of sulfonamides is 1. The van der Waals surface area contributed by atoms with Crippen LogP contribution in [0.2, 0.25) is 10.0 Å². The van der Waals surface area contributed by atoms with E-state index in [-0.39, 0.29) is 18.1 Å². The third kappa shape index (κ3) is 7.55. The highest BCUT2D eigenvalue weighted by Gasteiger charge is 2.44. The van der Waals surface area contributed by atoms with Crippen LogP contribution >= 0.6 is 23.2 Å². The van der Waals surface area contributed by atoms with Crippen molar-refractivity contribution in [3.8, 4) is 5.75 Å². The SMILES string of the molecule is O=C(C[C@@H](NS(=O)(=O)c1cc(Cl)ccc1F)C(F)(F)F)N[C@@H]1CCOc2cc(CN3CCCCC3)c(Cl)cc21. The summed E-state index contributed by atoms with van der Waals surface area (Å²) in [5, 5.41) is 2.80. The maximum Gasteiger partial charge on any atom is 0.405 e. The van der Waals surface area contributed by atoms with Crippen LogP contribution < -0.4 is 14.8 Å². The third-order valence-electron chi connectivity index (χ3n) is 6.66. The summed E-state index contributed by atoms with van der Waals surface area (Å²) in [6, 6.07) is 2.39. The summed E-state index contributed by atoms with van der Waals surface area (Å²) in [6.07, 6.45) is -2.73. The molecular formula is C25H27Cl2F4N3O4S. The number of piperidine rings is 1. The first-order valence-electron chi connectivity index (χ1n) is 12.3. The predicted octanol–water partition coefficient (Wildman–Crippen LogP) is 5.36. The number of amides is 1. The number of fused-ring (bicyclic) bond motifs is 1. The van der Waals surface area contributed by atoms with Crippen LogP contribution in [0.1, 0.15) is 49.3 Å². The number of alkyl halides is 3. The maximum atomic E-state index is 14.1. The molecule has 0 unspecified atom stereocenters. The van der Waals surface area contributed by atoms with Gasteiger partial charge in [0.25, 0.3) is 0 Å². The van der Waals surface area contributed by atoms with Gasteiger partial charge in [-0.05, 0) is 61.8 Å². The number of likely N-dealkylation sites (tertiary alicyclic amines) is 1. The van der Waals surface area contributed by atoms with Gasteiger partial charge in [0, 0.05) is 28.6 Å². The molecule has 7 nitrogen and oxygen atoms in total. The van der Waals surface area contributed by atoms with Crippen LogP contribution in [0.3, 0.4) is 0 Å². The second-order valence-electron chi connectivity index (χ2n) is 9.57. The van der Waals surface area contributed by atoms with Gasteiger partial charge in [-0.3, -0.25) is 9.69 Å². The Morgan fingerprint density at radius 2 is 1.85 bits per heavy atom. The molecule has 0 aliphatic carbocycles. The first-order valence-corrected chi connectivity index (χ1v) is 14.6. The van der Waals surface area contributed by atoms with Crippen molar-refractivity contribution in [2.75, 3.05) is 19.7 Å². The molecule has 214 valence electrons. The summed E-state index contributed by atoms with van der Waals surface area (Å²) < 4.78 is 87.5. The van der Waals surface area contributed by atoms with E-state index in [2.05, 4.69) is 10.2 Å². The summed E-state index contributed by atoms with van der Waals surface area (Å²) in [5.74, 6) is -1.86. The van der Waals surface area contributed by atoms with Crippen molar-refractivity contribution in [2.24, 2.45) is 0 Å². The summed E-state index contributed by atoms with van der Waals surface area (Å²) >= 11 is 12.2. The molecule has 0 bridgehead atoms. The number of rotatable bonds is 8. The highest BCUT2D eigenvalue weighted by atomic mass is 35.5. The largest absolute Gasteiger partial charge is 0.493 e. The van der Waals surface area contributed by atoms with Crippen LogP contribution in [0.5, 0.6) is 5.75 Å². The fourth-order valence-corrected chi connectivity index (χ4v) is 6.47. The zero-order valence-corrected chi connectivity index (χ0v) is 23.0. The Bertz CT molecular complexity index is 1320. The second kappa shape index (κ2) is 12.2. The summed E-state index contributed by atoms with van der Waals surface area (Å²) in [4.78, 5) is 13.9. The molecule has 2 N–H and O–H groups in total. The number of nitrogens with one attached hydrogen (secondary N) is 2. The van der Waals surface area contributed by atoms with Crippen LogP contribution in [0.4, 0.5) is 17.6 Å². The minimum Gasteiger partial charge on any atom is -0.493 e. The molecule has 2 aromatic rings. The molecule has 39 heavy (non-hydrogen) atoms. The smallest absolute Gasteiger partial charge is 0.405 e. The molecule has 1 amide bonds. The van der Waals surface area contributed by atoms with E-state index in [1.54, 1.807) is 12.1 Å². The van der Waals surface area contributed by atoms with Gasteiger partial charge >= 0.3 is 6.18 Å². The highest BCUT2D eigenvalue weighted by molar-refractivity contribution is 7.89. The monoisotopic (exact) mass is 611 g/mol.